The number of ether oxygens (including phenoxy) is 1. The third-order valence-electron chi connectivity index (χ3n) is 3.74. The molecule has 2 bridgehead atoms. The molecule has 2 rings (SSSR count). The Bertz CT molecular complexity index is 247. The molecule has 0 aliphatic heterocycles. The highest BCUT2D eigenvalue weighted by molar-refractivity contribution is 5.81. The highest BCUT2D eigenvalue weighted by Crippen LogP contribution is 2.50. The van der Waals surface area contributed by atoms with Gasteiger partial charge in [0.25, 0.3) is 0 Å². The lowest BCUT2D eigenvalue weighted by Crippen LogP contribution is -2.26. The maximum Gasteiger partial charge on any atom is 0.330 e. The number of carbonyl (C=O) groups excluding carboxylic acids is 1. The van der Waals surface area contributed by atoms with Crippen molar-refractivity contribution in [2.24, 2.45) is 17.8 Å². The van der Waals surface area contributed by atoms with Gasteiger partial charge in [0, 0.05) is 6.08 Å². The van der Waals surface area contributed by atoms with E-state index in [9.17, 15) is 4.79 Å². The summed E-state index contributed by atoms with van der Waals surface area (Å²) in [5.74, 6) is 1.85. The van der Waals surface area contributed by atoms with E-state index in [0.717, 1.165) is 24.7 Å². The van der Waals surface area contributed by atoms with E-state index in [0.29, 0.717) is 5.92 Å². The van der Waals surface area contributed by atoms with Crippen LogP contribution in [0.3, 0.4) is 0 Å². The molecule has 4 unspecified atom stereocenters. The van der Waals surface area contributed by atoms with Crippen LogP contribution in [0.5, 0.6) is 0 Å². The average molecular weight is 193 g/mol. The Morgan fingerprint density at radius 2 is 2.14 bits per heavy atom. The lowest BCUT2D eigenvalue weighted by molar-refractivity contribution is -0.145. The van der Waals surface area contributed by atoms with E-state index in [4.69, 9.17) is 4.74 Å². The Hall–Kier alpha value is -0.790. The zero-order chi connectivity index (χ0) is 10.1. The van der Waals surface area contributed by atoms with Gasteiger partial charge in [-0.05, 0) is 37.0 Å². The number of hydrogen-bond donors (Lipinski definition) is 0. The summed E-state index contributed by atoms with van der Waals surface area (Å²) < 4.78 is 5.31. The van der Waals surface area contributed by atoms with E-state index in [1.54, 1.807) is 0 Å². The first-order valence-electron chi connectivity index (χ1n) is 5.37. The van der Waals surface area contributed by atoms with Crippen molar-refractivity contribution in [3.05, 3.63) is 19.6 Å². The van der Waals surface area contributed by atoms with Crippen LogP contribution >= 0.6 is 0 Å². The van der Waals surface area contributed by atoms with Gasteiger partial charge in [0.15, 0.2) is 0 Å². The average Bonchev–Trinajstić information content (AvgIpc) is 2.75. The maximum atomic E-state index is 11.0. The van der Waals surface area contributed by atoms with Gasteiger partial charge in [0.1, 0.15) is 6.10 Å². The Labute approximate surface area is 85.3 Å². The minimum atomic E-state index is -0.270. The van der Waals surface area contributed by atoms with Gasteiger partial charge in [-0.15, -0.1) is 0 Å². The predicted octanol–water partition coefficient (Wildman–Crippen LogP) is 2.35. The number of fused-ring (bicyclic) bond motifs is 2. The summed E-state index contributed by atoms with van der Waals surface area (Å²) in [6.45, 7) is 7.38. The molecule has 14 heavy (non-hydrogen) atoms. The van der Waals surface area contributed by atoms with E-state index in [-0.39, 0.29) is 12.1 Å². The summed E-state index contributed by atoms with van der Waals surface area (Å²) in [6.07, 6.45) is 5.92. The standard InChI is InChI=1S/C12H17O2/c1-3-8-5-10-6-9(8)7-11(10)14-12(13)4-2/h4,8-11H,1-3,5-7H2. The summed E-state index contributed by atoms with van der Waals surface area (Å²) >= 11 is 0. The quantitative estimate of drug-likeness (QED) is 0.508. The molecule has 2 heteroatoms. The molecule has 0 saturated heterocycles. The molecule has 0 heterocycles. The lowest BCUT2D eigenvalue weighted by Gasteiger charge is -2.26. The summed E-state index contributed by atoms with van der Waals surface area (Å²) in [7, 11) is 0. The Morgan fingerprint density at radius 3 is 2.64 bits per heavy atom. The minimum Gasteiger partial charge on any atom is -0.459 e. The van der Waals surface area contributed by atoms with Crippen molar-refractivity contribution < 1.29 is 9.53 Å². The molecule has 0 aromatic heterocycles. The van der Waals surface area contributed by atoms with Gasteiger partial charge in [0.2, 0.25) is 0 Å². The Balaban J connectivity index is 1.90. The monoisotopic (exact) mass is 193 g/mol. The van der Waals surface area contributed by atoms with E-state index in [1.807, 2.05) is 0 Å². The van der Waals surface area contributed by atoms with Crippen LogP contribution < -0.4 is 0 Å². The largest absolute Gasteiger partial charge is 0.459 e. The van der Waals surface area contributed by atoms with Crippen LogP contribution in [0.2, 0.25) is 0 Å². The van der Waals surface area contributed by atoms with E-state index in [1.165, 1.54) is 18.9 Å². The molecule has 0 aromatic carbocycles. The minimum absolute atomic E-state index is 0.160. The van der Waals surface area contributed by atoms with Crippen molar-refractivity contribution >= 4 is 5.97 Å². The molecule has 77 valence electrons. The van der Waals surface area contributed by atoms with Crippen LogP contribution in [-0.2, 0) is 9.53 Å². The predicted molar refractivity (Wildman–Crippen MR) is 54.4 cm³/mol. The maximum absolute atomic E-state index is 11.0. The normalized spacial score (nSPS) is 39.8. The molecule has 2 nitrogen and oxygen atoms in total. The van der Waals surface area contributed by atoms with Crippen molar-refractivity contribution in [1.29, 1.82) is 0 Å². The highest BCUT2D eigenvalue weighted by atomic mass is 16.5. The fourth-order valence-corrected chi connectivity index (χ4v) is 3.04. The third kappa shape index (κ3) is 1.58. The van der Waals surface area contributed by atoms with Crippen molar-refractivity contribution in [3.8, 4) is 0 Å². The molecular weight excluding hydrogens is 176 g/mol. The van der Waals surface area contributed by atoms with Crippen LogP contribution in [0.4, 0.5) is 0 Å². The second-order valence-corrected chi connectivity index (χ2v) is 4.46. The molecule has 0 spiro atoms. The SMILES string of the molecule is [CH2]CC1CC2CC1CC2OC(=O)C=C. The lowest BCUT2D eigenvalue weighted by atomic mass is 9.85. The molecule has 0 aromatic rings. The van der Waals surface area contributed by atoms with Crippen molar-refractivity contribution in [2.45, 2.75) is 31.8 Å². The van der Waals surface area contributed by atoms with Crippen LogP contribution in [0.15, 0.2) is 12.7 Å². The Kier molecular flexibility index (Phi) is 2.62. The van der Waals surface area contributed by atoms with Crippen LogP contribution in [0.25, 0.3) is 0 Å². The van der Waals surface area contributed by atoms with Gasteiger partial charge in [-0.1, -0.05) is 19.9 Å². The zero-order valence-corrected chi connectivity index (χ0v) is 8.45. The molecule has 2 aliphatic rings. The third-order valence-corrected chi connectivity index (χ3v) is 3.74. The number of hydrogen-bond acceptors (Lipinski definition) is 2. The molecule has 2 saturated carbocycles. The summed E-state index contributed by atoms with van der Waals surface area (Å²) in [5.41, 5.74) is 0. The summed E-state index contributed by atoms with van der Waals surface area (Å²) in [5, 5.41) is 0. The van der Waals surface area contributed by atoms with Crippen molar-refractivity contribution in [2.75, 3.05) is 0 Å². The van der Waals surface area contributed by atoms with Gasteiger partial charge in [-0.3, -0.25) is 0 Å². The fraction of sp³-hybridized carbons (Fsp3) is 0.667. The smallest absolute Gasteiger partial charge is 0.330 e. The van der Waals surface area contributed by atoms with Crippen LogP contribution in [0.1, 0.15) is 25.7 Å². The number of rotatable bonds is 3. The molecule has 2 fully saturated rings. The van der Waals surface area contributed by atoms with Crippen molar-refractivity contribution in [1.82, 2.24) is 0 Å². The molecule has 2 aliphatic carbocycles. The van der Waals surface area contributed by atoms with Gasteiger partial charge < -0.3 is 4.74 Å². The molecule has 0 amide bonds. The van der Waals surface area contributed by atoms with E-state index < -0.39 is 0 Å². The summed E-state index contributed by atoms with van der Waals surface area (Å²) in [6, 6.07) is 0. The second-order valence-electron chi connectivity index (χ2n) is 4.46. The van der Waals surface area contributed by atoms with Crippen LogP contribution in [-0.4, -0.2) is 12.1 Å². The van der Waals surface area contributed by atoms with Crippen molar-refractivity contribution in [3.63, 3.8) is 0 Å². The van der Waals surface area contributed by atoms with Gasteiger partial charge >= 0.3 is 5.97 Å². The first-order chi connectivity index (χ1) is 6.74. The topological polar surface area (TPSA) is 26.3 Å². The summed E-state index contributed by atoms with van der Waals surface area (Å²) in [4.78, 5) is 11.0. The fourth-order valence-electron chi connectivity index (χ4n) is 3.04. The van der Waals surface area contributed by atoms with Crippen LogP contribution in [0, 0.1) is 24.7 Å². The zero-order valence-electron chi connectivity index (χ0n) is 8.45. The molecule has 1 radical (unpaired) electrons. The molecule has 4 atom stereocenters. The first-order valence-corrected chi connectivity index (χ1v) is 5.37. The number of carbonyl (C=O) groups is 1. The first kappa shape index (κ1) is 9.75. The Morgan fingerprint density at radius 1 is 1.36 bits per heavy atom. The van der Waals surface area contributed by atoms with Gasteiger partial charge in [-0.2, -0.15) is 0 Å². The highest BCUT2D eigenvalue weighted by Gasteiger charge is 2.46. The van der Waals surface area contributed by atoms with E-state index in [2.05, 4.69) is 13.5 Å². The van der Waals surface area contributed by atoms with E-state index >= 15 is 0 Å². The van der Waals surface area contributed by atoms with Gasteiger partial charge in [-0.25, -0.2) is 4.79 Å². The van der Waals surface area contributed by atoms with Gasteiger partial charge in [0.05, 0.1) is 0 Å². The second kappa shape index (κ2) is 3.76. The molecule has 0 N–H and O–H groups in total. The number of esters is 1. The molecular formula is C12H17O2.